The van der Waals surface area contributed by atoms with Gasteiger partial charge in [0.25, 0.3) is 5.69 Å². The number of carbonyl (C=O) groups excluding carboxylic acids is 2. The highest BCUT2D eigenvalue weighted by atomic mass is 19.1. The van der Waals surface area contributed by atoms with Gasteiger partial charge in [-0.1, -0.05) is 19.1 Å². The smallest absolute Gasteiger partial charge is 0.322 e. The highest BCUT2D eigenvalue weighted by molar-refractivity contribution is 5.92. The molecule has 0 radical (unpaired) electrons. The molecule has 1 unspecified atom stereocenters. The van der Waals surface area contributed by atoms with Gasteiger partial charge in [-0.3, -0.25) is 14.9 Å². The van der Waals surface area contributed by atoms with Gasteiger partial charge < -0.3 is 19.7 Å². The maximum atomic E-state index is 14.0. The van der Waals surface area contributed by atoms with Gasteiger partial charge in [0.2, 0.25) is 5.91 Å². The van der Waals surface area contributed by atoms with E-state index in [2.05, 4.69) is 5.32 Å². The van der Waals surface area contributed by atoms with Gasteiger partial charge >= 0.3 is 6.03 Å². The first kappa shape index (κ1) is 23.9. The monoisotopic (exact) mass is 479 g/mol. The predicted molar refractivity (Wildman–Crippen MR) is 128 cm³/mol. The molecule has 1 atom stereocenters. The van der Waals surface area contributed by atoms with Crippen molar-refractivity contribution in [1.29, 1.82) is 0 Å². The largest absolute Gasteiger partial charge is 0.348 e. The average Bonchev–Trinajstić information content (AvgIpc) is 3.32. The molecule has 1 aromatic heterocycles. The van der Waals surface area contributed by atoms with Crippen molar-refractivity contribution in [2.45, 2.75) is 25.9 Å². The Morgan fingerprint density at radius 3 is 2.60 bits per heavy atom. The van der Waals surface area contributed by atoms with E-state index in [0.29, 0.717) is 37.3 Å². The zero-order chi connectivity index (χ0) is 24.9. The predicted octanol–water partition coefficient (Wildman–Crippen LogP) is 4.41. The zero-order valence-corrected chi connectivity index (χ0v) is 19.3. The van der Waals surface area contributed by atoms with Crippen LogP contribution < -0.4 is 5.32 Å². The molecule has 0 spiro atoms. The van der Waals surface area contributed by atoms with Crippen LogP contribution in [0.3, 0.4) is 0 Å². The summed E-state index contributed by atoms with van der Waals surface area (Å²) in [5, 5.41) is 13.6. The minimum atomic E-state index is -0.516. The maximum Gasteiger partial charge on any atom is 0.322 e. The summed E-state index contributed by atoms with van der Waals surface area (Å²) in [7, 11) is 0. The van der Waals surface area contributed by atoms with Crippen molar-refractivity contribution in [2.75, 3.05) is 25.0 Å². The molecule has 2 heterocycles. The van der Waals surface area contributed by atoms with E-state index in [0.717, 1.165) is 5.69 Å². The lowest BCUT2D eigenvalue weighted by molar-refractivity contribution is -0.384. The van der Waals surface area contributed by atoms with Gasteiger partial charge in [-0.25, -0.2) is 9.18 Å². The molecule has 9 nitrogen and oxygen atoms in total. The summed E-state index contributed by atoms with van der Waals surface area (Å²) in [6.45, 7) is 3.12. The number of hydrogen-bond donors (Lipinski definition) is 1. The summed E-state index contributed by atoms with van der Waals surface area (Å²) in [5.41, 5.74) is 1.85. The summed E-state index contributed by atoms with van der Waals surface area (Å²) in [5.74, 6) is -0.632. The normalized spacial score (nSPS) is 14.8. The van der Waals surface area contributed by atoms with Crippen molar-refractivity contribution in [2.24, 2.45) is 0 Å². The van der Waals surface area contributed by atoms with Crippen LogP contribution in [0, 0.1) is 15.9 Å². The fourth-order valence-electron chi connectivity index (χ4n) is 4.32. The van der Waals surface area contributed by atoms with E-state index in [1.165, 1.54) is 41.3 Å². The van der Waals surface area contributed by atoms with Crippen LogP contribution in [0.1, 0.15) is 30.6 Å². The molecule has 0 bridgehead atoms. The number of benzene rings is 2. The van der Waals surface area contributed by atoms with Crippen molar-refractivity contribution < 1.29 is 18.9 Å². The standard InChI is InChI=1S/C25H26FN5O4/c1-2-12-29(25(33)27-20-8-10-21(11-9-20)31(34)35)17-23(32)30-15-14-28-13-4-7-22(28)24(30)18-5-3-6-19(26)16-18/h3-11,13,16,24H,2,12,14-15,17H2,1H3,(H,27,33). The number of nitrogens with zero attached hydrogens (tertiary/aromatic N) is 4. The number of anilines is 1. The van der Waals surface area contributed by atoms with E-state index in [1.807, 2.05) is 29.8 Å². The number of amides is 3. The van der Waals surface area contributed by atoms with Crippen LogP contribution >= 0.6 is 0 Å². The Kier molecular flexibility index (Phi) is 7.09. The molecule has 1 aliphatic rings. The van der Waals surface area contributed by atoms with Crippen molar-refractivity contribution in [3.63, 3.8) is 0 Å². The third kappa shape index (κ3) is 5.32. The minimum Gasteiger partial charge on any atom is -0.348 e. The fraction of sp³-hybridized carbons (Fsp3) is 0.280. The van der Waals surface area contributed by atoms with Gasteiger partial charge in [-0.15, -0.1) is 0 Å². The molecule has 0 aliphatic carbocycles. The molecule has 3 amide bonds. The third-order valence-corrected chi connectivity index (χ3v) is 5.96. The van der Waals surface area contributed by atoms with Gasteiger partial charge in [0.05, 0.1) is 11.0 Å². The molecular weight excluding hydrogens is 453 g/mol. The Morgan fingerprint density at radius 1 is 1.14 bits per heavy atom. The van der Waals surface area contributed by atoms with Crippen molar-refractivity contribution >= 4 is 23.3 Å². The van der Waals surface area contributed by atoms with Crippen molar-refractivity contribution in [3.8, 4) is 0 Å². The van der Waals surface area contributed by atoms with Gasteiger partial charge in [0, 0.05) is 49.3 Å². The number of nitro groups is 1. The summed E-state index contributed by atoms with van der Waals surface area (Å²) in [6.07, 6.45) is 2.57. The number of halogens is 1. The number of urea groups is 1. The van der Waals surface area contributed by atoms with Crippen LogP contribution in [0.5, 0.6) is 0 Å². The highest BCUT2D eigenvalue weighted by Crippen LogP contribution is 2.33. The van der Waals surface area contributed by atoms with Crippen LogP contribution in [0.25, 0.3) is 0 Å². The van der Waals surface area contributed by atoms with E-state index in [1.54, 1.807) is 17.0 Å². The van der Waals surface area contributed by atoms with E-state index < -0.39 is 17.0 Å². The Morgan fingerprint density at radius 2 is 1.91 bits per heavy atom. The zero-order valence-electron chi connectivity index (χ0n) is 19.3. The summed E-state index contributed by atoms with van der Waals surface area (Å²) in [4.78, 5) is 39.9. The van der Waals surface area contributed by atoms with E-state index in [9.17, 15) is 24.1 Å². The molecular formula is C25H26FN5O4. The number of nitro benzene ring substituents is 1. The Labute approximate surface area is 201 Å². The topological polar surface area (TPSA) is 101 Å². The molecule has 0 fully saturated rings. The number of non-ortho nitro benzene ring substituents is 1. The van der Waals surface area contributed by atoms with Gasteiger partial charge in [0.15, 0.2) is 0 Å². The molecule has 10 heteroatoms. The molecule has 0 saturated carbocycles. The number of nitrogens with one attached hydrogen (secondary N) is 1. The molecule has 2 aromatic carbocycles. The third-order valence-electron chi connectivity index (χ3n) is 5.96. The SMILES string of the molecule is CCCN(CC(=O)N1CCn2cccc2C1c1cccc(F)c1)C(=O)Nc1ccc([N+](=O)[O-])cc1. The van der Waals surface area contributed by atoms with Crippen LogP contribution in [0.4, 0.5) is 20.6 Å². The Balaban J connectivity index is 1.53. The van der Waals surface area contributed by atoms with Crippen LogP contribution in [-0.2, 0) is 11.3 Å². The molecule has 3 aromatic rings. The fourth-order valence-corrected chi connectivity index (χ4v) is 4.32. The van der Waals surface area contributed by atoms with Crippen LogP contribution in [0.15, 0.2) is 66.9 Å². The summed E-state index contributed by atoms with van der Waals surface area (Å²) < 4.78 is 16.1. The second-order valence-corrected chi connectivity index (χ2v) is 8.33. The number of hydrogen-bond acceptors (Lipinski definition) is 4. The first-order valence-electron chi connectivity index (χ1n) is 11.4. The lowest BCUT2D eigenvalue weighted by Gasteiger charge is -2.38. The lowest BCUT2D eigenvalue weighted by Crippen LogP contribution is -2.48. The van der Waals surface area contributed by atoms with Crippen molar-refractivity contribution in [1.82, 2.24) is 14.4 Å². The number of rotatable bonds is 7. The molecule has 1 aliphatic heterocycles. The lowest BCUT2D eigenvalue weighted by atomic mass is 9.99. The van der Waals surface area contributed by atoms with Gasteiger partial charge in [0.1, 0.15) is 12.4 Å². The summed E-state index contributed by atoms with van der Waals surface area (Å²) >= 11 is 0. The van der Waals surface area contributed by atoms with Gasteiger partial charge in [-0.2, -0.15) is 0 Å². The maximum absolute atomic E-state index is 14.0. The van der Waals surface area contributed by atoms with Crippen molar-refractivity contribution in [3.05, 3.63) is 94.0 Å². The molecule has 182 valence electrons. The molecule has 1 N–H and O–H groups in total. The first-order valence-corrected chi connectivity index (χ1v) is 11.4. The molecule has 0 saturated heterocycles. The van der Waals surface area contributed by atoms with Gasteiger partial charge in [-0.05, 0) is 48.4 Å². The Bertz CT molecular complexity index is 1230. The van der Waals surface area contributed by atoms with E-state index in [4.69, 9.17) is 0 Å². The number of aromatic nitrogens is 1. The second-order valence-electron chi connectivity index (χ2n) is 8.33. The van der Waals surface area contributed by atoms with E-state index in [-0.39, 0.29) is 24.0 Å². The molecule has 35 heavy (non-hydrogen) atoms. The average molecular weight is 480 g/mol. The minimum absolute atomic E-state index is 0.0816. The quantitative estimate of drug-likeness (QED) is 0.401. The van der Waals surface area contributed by atoms with E-state index >= 15 is 0 Å². The number of fused-ring (bicyclic) bond motifs is 1. The molecule has 4 rings (SSSR count). The van der Waals surface area contributed by atoms with Crippen LogP contribution in [0.2, 0.25) is 0 Å². The Hall–Kier alpha value is -4.21. The summed E-state index contributed by atoms with van der Waals surface area (Å²) in [6, 6.07) is 14.6. The highest BCUT2D eigenvalue weighted by Gasteiger charge is 2.33. The second kappa shape index (κ2) is 10.4. The van der Waals surface area contributed by atoms with Crippen LogP contribution in [-0.4, -0.2) is 50.9 Å². The first-order chi connectivity index (χ1) is 16.9. The number of carbonyl (C=O) groups is 2.